The number of hydrogen-bond acceptors (Lipinski definition) is 3. The van der Waals surface area contributed by atoms with E-state index in [0.717, 1.165) is 18.8 Å². The SMILES string of the molecule is CCCNCc1nccn1CC(=O)NC. The van der Waals surface area contributed by atoms with Crippen LogP contribution in [0.15, 0.2) is 12.4 Å². The Morgan fingerprint density at radius 1 is 1.60 bits per heavy atom. The van der Waals surface area contributed by atoms with E-state index < -0.39 is 0 Å². The fraction of sp³-hybridized carbons (Fsp3) is 0.600. The Bertz CT molecular complexity index is 308. The molecule has 0 saturated carbocycles. The predicted molar refractivity (Wildman–Crippen MR) is 58.3 cm³/mol. The van der Waals surface area contributed by atoms with Crippen LogP contribution in [-0.4, -0.2) is 29.1 Å². The van der Waals surface area contributed by atoms with Crippen molar-refractivity contribution in [3.8, 4) is 0 Å². The standard InChI is InChI=1S/C10H18N4O/c1-3-4-12-7-9-13-5-6-14(9)8-10(15)11-2/h5-6,12H,3-4,7-8H2,1-2H3,(H,11,15). The van der Waals surface area contributed by atoms with Crippen LogP contribution in [-0.2, 0) is 17.9 Å². The summed E-state index contributed by atoms with van der Waals surface area (Å²) in [6.07, 6.45) is 4.63. The van der Waals surface area contributed by atoms with Gasteiger partial charge in [-0.3, -0.25) is 4.79 Å². The highest BCUT2D eigenvalue weighted by atomic mass is 16.1. The zero-order valence-electron chi connectivity index (χ0n) is 9.29. The van der Waals surface area contributed by atoms with Gasteiger partial charge in [-0.2, -0.15) is 0 Å². The summed E-state index contributed by atoms with van der Waals surface area (Å²) in [6, 6.07) is 0. The molecule has 0 bridgehead atoms. The van der Waals surface area contributed by atoms with Crippen molar-refractivity contribution in [1.82, 2.24) is 20.2 Å². The van der Waals surface area contributed by atoms with E-state index in [4.69, 9.17) is 0 Å². The molecule has 1 aromatic rings. The molecule has 0 radical (unpaired) electrons. The van der Waals surface area contributed by atoms with Crippen molar-refractivity contribution in [2.45, 2.75) is 26.4 Å². The Morgan fingerprint density at radius 2 is 2.40 bits per heavy atom. The predicted octanol–water partition coefficient (Wildman–Crippen LogP) is 0.129. The summed E-state index contributed by atoms with van der Waals surface area (Å²) in [5.41, 5.74) is 0. The van der Waals surface area contributed by atoms with Gasteiger partial charge < -0.3 is 15.2 Å². The van der Waals surface area contributed by atoms with Gasteiger partial charge in [-0.15, -0.1) is 0 Å². The molecule has 1 amide bonds. The second-order valence-electron chi connectivity index (χ2n) is 3.32. The molecule has 15 heavy (non-hydrogen) atoms. The smallest absolute Gasteiger partial charge is 0.239 e. The Balaban J connectivity index is 2.49. The zero-order valence-corrected chi connectivity index (χ0v) is 9.29. The molecule has 0 aliphatic carbocycles. The molecule has 0 aliphatic rings. The number of imidazole rings is 1. The van der Waals surface area contributed by atoms with Crippen LogP contribution in [0, 0.1) is 0 Å². The van der Waals surface area contributed by atoms with Gasteiger partial charge in [-0.25, -0.2) is 4.98 Å². The number of carbonyl (C=O) groups excluding carboxylic acids is 1. The second-order valence-corrected chi connectivity index (χ2v) is 3.32. The summed E-state index contributed by atoms with van der Waals surface area (Å²) in [7, 11) is 1.63. The Hall–Kier alpha value is -1.36. The molecular weight excluding hydrogens is 192 g/mol. The quantitative estimate of drug-likeness (QED) is 0.656. The third-order valence-corrected chi connectivity index (χ3v) is 2.10. The van der Waals surface area contributed by atoms with Gasteiger partial charge in [0.1, 0.15) is 12.4 Å². The number of aromatic nitrogens is 2. The number of nitrogens with zero attached hydrogens (tertiary/aromatic N) is 2. The third-order valence-electron chi connectivity index (χ3n) is 2.10. The van der Waals surface area contributed by atoms with Gasteiger partial charge in [0.25, 0.3) is 0 Å². The first-order chi connectivity index (χ1) is 7.27. The summed E-state index contributed by atoms with van der Waals surface area (Å²) in [6.45, 7) is 4.12. The molecule has 0 spiro atoms. The van der Waals surface area contributed by atoms with Crippen molar-refractivity contribution >= 4 is 5.91 Å². The minimum atomic E-state index is -0.00950. The van der Waals surface area contributed by atoms with Crippen LogP contribution in [0.4, 0.5) is 0 Å². The van der Waals surface area contributed by atoms with E-state index in [1.54, 1.807) is 13.2 Å². The second kappa shape index (κ2) is 6.19. The van der Waals surface area contributed by atoms with Crippen molar-refractivity contribution in [3.05, 3.63) is 18.2 Å². The maximum atomic E-state index is 11.2. The minimum Gasteiger partial charge on any atom is -0.358 e. The molecule has 0 aromatic carbocycles. The van der Waals surface area contributed by atoms with Crippen molar-refractivity contribution in [3.63, 3.8) is 0 Å². The zero-order chi connectivity index (χ0) is 11.1. The molecule has 5 heteroatoms. The molecule has 5 nitrogen and oxygen atoms in total. The van der Waals surface area contributed by atoms with Gasteiger partial charge in [0.2, 0.25) is 5.91 Å². The fourth-order valence-electron chi connectivity index (χ4n) is 1.26. The molecule has 2 N–H and O–H groups in total. The summed E-state index contributed by atoms with van der Waals surface area (Å²) in [5.74, 6) is 0.886. The van der Waals surface area contributed by atoms with Crippen LogP contribution in [0.2, 0.25) is 0 Å². The first kappa shape index (κ1) is 11.7. The Morgan fingerprint density at radius 3 is 3.07 bits per heavy atom. The number of nitrogens with one attached hydrogen (secondary N) is 2. The molecule has 1 aromatic heterocycles. The molecule has 1 heterocycles. The summed E-state index contributed by atoms with van der Waals surface area (Å²) < 4.78 is 1.85. The average molecular weight is 210 g/mol. The van der Waals surface area contributed by atoms with Crippen LogP contribution in [0.25, 0.3) is 0 Å². The highest BCUT2D eigenvalue weighted by molar-refractivity contribution is 5.75. The molecular formula is C10H18N4O. The van der Waals surface area contributed by atoms with Gasteiger partial charge >= 0.3 is 0 Å². The molecule has 1 rings (SSSR count). The van der Waals surface area contributed by atoms with E-state index in [9.17, 15) is 4.79 Å². The minimum absolute atomic E-state index is 0.00950. The summed E-state index contributed by atoms with van der Waals surface area (Å²) in [4.78, 5) is 15.4. The molecule has 84 valence electrons. The number of amides is 1. The summed E-state index contributed by atoms with van der Waals surface area (Å²) >= 11 is 0. The van der Waals surface area contributed by atoms with Crippen LogP contribution in [0.5, 0.6) is 0 Å². The lowest BCUT2D eigenvalue weighted by Crippen LogP contribution is -2.25. The van der Waals surface area contributed by atoms with Crippen LogP contribution < -0.4 is 10.6 Å². The molecule has 0 saturated heterocycles. The Labute approximate surface area is 89.9 Å². The average Bonchev–Trinajstić information content (AvgIpc) is 2.66. The largest absolute Gasteiger partial charge is 0.358 e. The first-order valence-corrected chi connectivity index (χ1v) is 5.19. The number of likely N-dealkylation sites (N-methyl/N-ethyl adjacent to an activating group) is 1. The number of hydrogen-bond donors (Lipinski definition) is 2. The molecule has 0 atom stereocenters. The van der Waals surface area contributed by atoms with E-state index in [-0.39, 0.29) is 5.91 Å². The van der Waals surface area contributed by atoms with Crippen molar-refractivity contribution < 1.29 is 4.79 Å². The van der Waals surface area contributed by atoms with E-state index in [0.29, 0.717) is 13.1 Å². The highest BCUT2D eigenvalue weighted by Crippen LogP contribution is 1.97. The summed E-state index contributed by atoms with van der Waals surface area (Å²) in [5, 5.41) is 5.84. The molecule has 0 aliphatic heterocycles. The van der Waals surface area contributed by atoms with E-state index >= 15 is 0 Å². The van der Waals surface area contributed by atoms with Crippen molar-refractivity contribution in [2.24, 2.45) is 0 Å². The topological polar surface area (TPSA) is 59.0 Å². The van der Waals surface area contributed by atoms with Crippen molar-refractivity contribution in [1.29, 1.82) is 0 Å². The van der Waals surface area contributed by atoms with E-state index in [2.05, 4.69) is 22.5 Å². The van der Waals surface area contributed by atoms with Gasteiger partial charge in [0.15, 0.2) is 0 Å². The van der Waals surface area contributed by atoms with Gasteiger partial charge in [-0.1, -0.05) is 6.92 Å². The fourth-order valence-corrected chi connectivity index (χ4v) is 1.26. The normalized spacial score (nSPS) is 10.3. The lowest BCUT2D eigenvalue weighted by molar-refractivity contribution is -0.121. The highest BCUT2D eigenvalue weighted by Gasteiger charge is 2.05. The molecule has 0 unspecified atom stereocenters. The maximum absolute atomic E-state index is 11.2. The number of rotatable bonds is 6. The van der Waals surface area contributed by atoms with Gasteiger partial charge in [-0.05, 0) is 13.0 Å². The molecule has 0 fully saturated rings. The Kier molecular flexibility index (Phi) is 4.83. The first-order valence-electron chi connectivity index (χ1n) is 5.19. The van der Waals surface area contributed by atoms with Crippen molar-refractivity contribution in [2.75, 3.05) is 13.6 Å². The monoisotopic (exact) mass is 210 g/mol. The van der Waals surface area contributed by atoms with E-state index in [1.807, 2.05) is 10.8 Å². The third kappa shape index (κ3) is 3.71. The van der Waals surface area contributed by atoms with Crippen LogP contribution in [0.1, 0.15) is 19.2 Å². The van der Waals surface area contributed by atoms with Crippen LogP contribution in [0.3, 0.4) is 0 Å². The van der Waals surface area contributed by atoms with Gasteiger partial charge in [0.05, 0.1) is 6.54 Å². The van der Waals surface area contributed by atoms with Gasteiger partial charge in [0, 0.05) is 19.4 Å². The number of carbonyl (C=O) groups is 1. The maximum Gasteiger partial charge on any atom is 0.239 e. The lowest BCUT2D eigenvalue weighted by Gasteiger charge is -2.07. The van der Waals surface area contributed by atoms with Crippen LogP contribution >= 0.6 is 0 Å². The van der Waals surface area contributed by atoms with E-state index in [1.165, 1.54) is 0 Å². The lowest BCUT2D eigenvalue weighted by atomic mass is 10.4.